The molecule has 1 aromatic carbocycles. The number of amides is 2. The first-order valence-electron chi connectivity index (χ1n) is 10.00. The van der Waals surface area contributed by atoms with Crippen molar-refractivity contribution in [2.45, 2.75) is 20.4 Å². The van der Waals surface area contributed by atoms with Gasteiger partial charge in [0.1, 0.15) is 17.6 Å². The minimum absolute atomic E-state index is 0.128. The van der Waals surface area contributed by atoms with E-state index in [0.717, 1.165) is 5.39 Å². The molecule has 0 saturated carbocycles. The van der Waals surface area contributed by atoms with Crippen molar-refractivity contribution >= 4 is 34.1 Å². The molecule has 0 unspecified atom stereocenters. The van der Waals surface area contributed by atoms with Gasteiger partial charge in [-0.25, -0.2) is 9.78 Å². The first kappa shape index (κ1) is 19.9. The van der Waals surface area contributed by atoms with E-state index in [2.05, 4.69) is 4.98 Å². The summed E-state index contributed by atoms with van der Waals surface area (Å²) in [5, 5.41) is 0.767. The Hall–Kier alpha value is -3.36. The standard InChI is InChI=1S/C21H24N4O5/c1-14(2)12-29-21(28)24-9-7-23(8-10-24)17(26)11-25-13-22-18-15-5-3-4-6-16(15)30-19(18)20(25)27/h3-6,13-14H,7-12H2,1-2H3. The lowest BCUT2D eigenvalue weighted by Gasteiger charge is -2.34. The van der Waals surface area contributed by atoms with Gasteiger partial charge in [-0.1, -0.05) is 26.0 Å². The van der Waals surface area contributed by atoms with Crippen LogP contribution >= 0.6 is 0 Å². The van der Waals surface area contributed by atoms with Crippen LogP contribution in [-0.4, -0.2) is 64.1 Å². The van der Waals surface area contributed by atoms with E-state index in [1.165, 1.54) is 10.9 Å². The van der Waals surface area contributed by atoms with Gasteiger partial charge in [0.05, 0.1) is 12.9 Å². The van der Waals surface area contributed by atoms with Gasteiger partial charge in [0.15, 0.2) is 0 Å². The second kappa shape index (κ2) is 8.17. The topological polar surface area (TPSA) is 97.9 Å². The van der Waals surface area contributed by atoms with Crippen LogP contribution in [0.5, 0.6) is 0 Å². The third kappa shape index (κ3) is 3.87. The zero-order valence-corrected chi connectivity index (χ0v) is 17.0. The lowest BCUT2D eigenvalue weighted by molar-refractivity contribution is -0.133. The number of rotatable bonds is 4. The Kier molecular flexibility index (Phi) is 5.43. The van der Waals surface area contributed by atoms with Crippen molar-refractivity contribution in [2.24, 2.45) is 5.92 Å². The first-order chi connectivity index (χ1) is 14.4. The molecule has 1 fully saturated rings. The van der Waals surface area contributed by atoms with Gasteiger partial charge in [-0.3, -0.25) is 14.2 Å². The molecule has 9 heteroatoms. The van der Waals surface area contributed by atoms with Gasteiger partial charge in [0.25, 0.3) is 5.56 Å². The molecule has 2 aromatic heterocycles. The lowest BCUT2D eigenvalue weighted by atomic mass is 10.2. The minimum Gasteiger partial charge on any atom is -0.449 e. The molecule has 1 aliphatic rings. The van der Waals surface area contributed by atoms with Crippen LogP contribution in [0.2, 0.25) is 0 Å². The number of nitrogens with zero attached hydrogens (tertiary/aromatic N) is 4. The van der Waals surface area contributed by atoms with Crippen LogP contribution in [-0.2, 0) is 16.1 Å². The van der Waals surface area contributed by atoms with Gasteiger partial charge in [-0.05, 0) is 18.1 Å². The lowest BCUT2D eigenvalue weighted by Crippen LogP contribution is -2.51. The SMILES string of the molecule is CC(C)COC(=O)N1CCN(C(=O)Cn2cnc3c(oc4ccccc43)c2=O)CC1. The summed E-state index contributed by atoms with van der Waals surface area (Å²) in [5.41, 5.74) is 0.833. The summed E-state index contributed by atoms with van der Waals surface area (Å²) in [6, 6.07) is 7.30. The predicted molar refractivity (Wildman–Crippen MR) is 110 cm³/mol. The maximum absolute atomic E-state index is 12.8. The Morgan fingerprint density at radius 1 is 1.13 bits per heavy atom. The third-order valence-corrected chi connectivity index (χ3v) is 5.09. The average molecular weight is 412 g/mol. The number of carbonyl (C=O) groups excluding carboxylic acids is 2. The molecule has 0 N–H and O–H groups in total. The van der Waals surface area contributed by atoms with E-state index in [1.54, 1.807) is 15.9 Å². The molecule has 4 rings (SSSR count). The van der Waals surface area contributed by atoms with Gasteiger partial charge in [-0.15, -0.1) is 0 Å². The molecule has 0 atom stereocenters. The largest absolute Gasteiger partial charge is 0.449 e. The molecule has 30 heavy (non-hydrogen) atoms. The zero-order valence-electron chi connectivity index (χ0n) is 17.0. The predicted octanol–water partition coefficient (Wildman–Crippen LogP) is 2.08. The fourth-order valence-corrected chi connectivity index (χ4v) is 3.44. The van der Waals surface area contributed by atoms with Gasteiger partial charge >= 0.3 is 6.09 Å². The Balaban J connectivity index is 1.42. The van der Waals surface area contributed by atoms with Gasteiger partial charge < -0.3 is 19.0 Å². The van der Waals surface area contributed by atoms with Crippen molar-refractivity contribution in [3.8, 4) is 0 Å². The van der Waals surface area contributed by atoms with Crippen LogP contribution in [0.25, 0.3) is 22.1 Å². The quantitative estimate of drug-likeness (QED) is 0.651. The number of piperazine rings is 1. The molecule has 9 nitrogen and oxygen atoms in total. The maximum Gasteiger partial charge on any atom is 0.409 e. The van der Waals surface area contributed by atoms with Crippen LogP contribution in [0.3, 0.4) is 0 Å². The van der Waals surface area contributed by atoms with E-state index in [0.29, 0.717) is 43.9 Å². The fraction of sp³-hybridized carbons (Fsp3) is 0.429. The zero-order chi connectivity index (χ0) is 21.3. The number of ether oxygens (including phenoxy) is 1. The Bertz CT molecular complexity index is 1140. The van der Waals surface area contributed by atoms with Crippen molar-refractivity contribution in [3.05, 3.63) is 40.9 Å². The number of carbonyl (C=O) groups is 2. The maximum atomic E-state index is 12.8. The second-order valence-corrected chi connectivity index (χ2v) is 7.79. The van der Waals surface area contributed by atoms with E-state index in [-0.39, 0.29) is 35.6 Å². The Morgan fingerprint density at radius 3 is 2.57 bits per heavy atom. The number of para-hydroxylation sites is 1. The van der Waals surface area contributed by atoms with Gasteiger partial charge in [-0.2, -0.15) is 0 Å². The van der Waals surface area contributed by atoms with Crippen LogP contribution in [0.1, 0.15) is 13.8 Å². The van der Waals surface area contributed by atoms with Crippen molar-refractivity contribution < 1.29 is 18.7 Å². The third-order valence-electron chi connectivity index (χ3n) is 5.09. The summed E-state index contributed by atoms with van der Waals surface area (Å²) in [6.45, 7) is 5.79. The summed E-state index contributed by atoms with van der Waals surface area (Å²) in [4.78, 5) is 45.1. The smallest absolute Gasteiger partial charge is 0.409 e. The summed E-state index contributed by atoms with van der Waals surface area (Å²) in [6.07, 6.45) is 1.02. The number of benzene rings is 1. The molecular formula is C21H24N4O5. The summed E-state index contributed by atoms with van der Waals surface area (Å²) in [5.74, 6) is 0.0670. The van der Waals surface area contributed by atoms with Crippen LogP contribution in [0, 0.1) is 5.92 Å². The molecule has 0 bridgehead atoms. The second-order valence-electron chi connectivity index (χ2n) is 7.79. The normalized spacial score (nSPS) is 14.6. The molecule has 158 valence electrons. The minimum atomic E-state index is -0.388. The molecular weight excluding hydrogens is 388 g/mol. The highest BCUT2D eigenvalue weighted by Crippen LogP contribution is 2.24. The summed E-state index contributed by atoms with van der Waals surface area (Å²) >= 11 is 0. The molecule has 3 heterocycles. The highest BCUT2D eigenvalue weighted by atomic mass is 16.6. The van der Waals surface area contributed by atoms with Crippen molar-refractivity contribution in [3.63, 3.8) is 0 Å². The number of hydrogen-bond acceptors (Lipinski definition) is 6. The van der Waals surface area contributed by atoms with Crippen LogP contribution in [0.4, 0.5) is 4.79 Å². The van der Waals surface area contributed by atoms with Gasteiger partial charge in [0.2, 0.25) is 11.5 Å². The molecule has 0 spiro atoms. The highest BCUT2D eigenvalue weighted by molar-refractivity contribution is 6.01. The number of furan rings is 1. The molecule has 2 amide bonds. The van der Waals surface area contributed by atoms with E-state index in [9.17, 15) is 14.4 Å². The molecule has 0 radical (unpaired) electrons. The number of fused-ring (bicyclic) bond motifs is 3. The van der Waals surface area contributed by atoms with Crippen LogP contribution < -0.4 is 5.56 Å². The molecule has 0 aliphatic carbocycles. The van der Waals surface area contributed by atoms with Crippen molar-refractivity contribution in [1.29, 1.82) is 0 Å². The van der Waals surface area contributed by atoms with E-state index in [4.69, 9.17) is 9.15 Å². The van der Waals surface area contributed by atoms with Crippen LogP contribution in [0.15, 0.2) is 39.8 Å². The highest BCUT2D eigenvalue weighted by Gasteiger charge is 2.25. The Labute approximate surface area is 172 Å². The van der Waals surface area contributed by atoms with Gasteiger partial charge in [0, 0.05) is 31.6 Å². The first-order valence-corrected chi connectivity index (χ1v) is 10.00. The Morgan fingerprint density at radius 2 is 1.83 bits per heavy atom. The average Bonchev–Trinajstić information content (AvgIpc) is 3.13. The number of aromatic nitrogens is 2. The summed E-state index contributed by atoms with van der Waals surface area (Å²) in [7, 11) is 0. The van der Waals surface area contributed by atoms with E-state index < -0.39 is 0 Å². The number of hydrogen-bond donors (Lipinski definition) is 0. The van der Waals surface area contributed by atoms with E-state index in [1.807, 2.05) is 32.0 Å². The monoisotopic (exact) mass is 412 g/mol. The van der Waals surface area contributed by atoms with Crippen molar-refractivity contribution in [1.82, 2.24) is 19.4 Å². The fourth-order valence-electron chi connectivity index (χ4n) is 3.44. The molecule has 1 saturated heterocycles. The molecule has 3 aromatic rings. The summed E-state index contributed by atoms with van der Waals surface area (Å²) < 4.78 is 12.1. The van der Waals surface area contributed by atoms with Crippen molar-refractivity contribution in [2.75, 3.05) is 32.8 Å². The van der Waals surface area contributed by atoms with E-state index >= 15 is 0 Å². The molecule has 1 aliphatic heterocycles.